The highest BCUT2D eigenvalue weighted by molar-refractivity contribution is 6.15. The standard InChI is InChI=1S/C55H37N3/c1-7-21-38(22-8-1)51-56-52(39-23-9-2-10-24-39)58-53(57-51)40-35-36-46-48(37-40)55(43-29-15-5-16-30-43,44-31-17-6-18-32-44)49-45-33-19-20-34-47(45)54(50(46)49,41-25-11-3-12-26-41)42-27-13-4-14-28-42/h1-37H. The fourth-order valence-corrected chi connectivity index (χ4v) is 9.78. The zero-order valence-electron chi connectivity index (χ0n) is 31.7. The molecule has 0 saturated heterocycles. The minimum atomic E-state index is -0.678. The molecule has 2 aliphatic carbocycles. The Morgan fingerprint density at radius 3 is 1.02 bits per heavy atom. The van der Waals surface area contributed by atoms with Gasteiger partial charge in [0.2, 0.25) is 0 Å². The summed E-state index contributed by atoms with van der Waals surface area (Å²) in [6.45, 7) is 0. The average Bonchev–Trinajstić information content (AvgIpc) is 3.80. The predicted molar refractivity (Wildman–Crippen MR) is 235 cm³/mol. The van der Waals surface area contributed by atoms with Crippen molar-refractivity contribution >= 4 is 11.1 Å². The van der Waals surface area contributed by atoms with Crippen LogP contribution in [0, 0.1) is 0 Å². The van der Waals surface area contributed by atoms with E-state index in [9.17, 15) is 0 Å². The summed E-state index contributed by atoms with van der Waals surface area (Å²) in [4.78, 5) is 15.5. The molecule has 9 aromatic rings. The topological polar surface area (TPSA) is 38.7 Å². The Morgan fingerprint density at radius 1 is 0.259 bits per heavy atom. The van der Waals surface area contributed by atoms with Crippen LogP contribution in [-0.2, 0) is 10.8 Å². The highest BCUT2D eigenvalue weighted by Gasteiger charge is 2.59. The maximum atomic E-state index is 5.21. The monoisotopic (exact) mass is 739 g/mol. The summed E-state index contributed by atoms with van der Waals surface area (Å²) < 4.78 is 0. The molecule has 0 N–H and O–H groups in total. The van der Waals surface area contributed by atoms with Gasteiger partial charge in [0.05, 0.1) is 10.8 Å². The summed E-state index contributed by atoms with van der Waals surface area (Å²) in [7, 11) is 0. The van der Waals surface area contributed by atoms with Crippen LogP contribution in [0.25, 0.3) is 45.3 Å². The van der Waals surface area contributed by atoms with Crippen molar-refractivity contribution in [1.82, 2.24) is 15.0 Å². The molecule has 0 radical (unpaired) electrons. The second kappa shape index (κ2) is 13.6. The zero-order valence-corrected chi connectivity index (χ0v) is 31.7. The zero-order chi connectivity index (χ0) is 38.5. The van der Waals surface area contributed by atoms with Crippen LogP contribution in [0.2, 0.25) is 0 Å². The van der Waals surface area contributed by atoms with Gasteiger partial charge in [-0.15, -0.1) is 0 Å². The molecule has 2 aliphatic rings. The smallest absolute Gasteiger partial charge is 0.164 e. The van der Waals surface area contributed by atoms with Gasteiger partial charge in [0.25, 0.3) is 0 Å². The lowest BCUT2D eigenvalue weighted by atomic mass is 9.64. The molecule has 0 saturated carbocycles. The molecule has 0 aliphatic heterocycles. The number of rotatable bonds is 7. The van der Waals surface area contributed by atoms with Crippen molar-refractivity contribution in [3.63, 3.8) is 0 Å². The molecule has 3 heteroatoms. The normalized spacial score (nSPS) is 14.4. The maximum Gasteiger partial charge on any atom is 0.164 e. The Bertz CT molecular complexity index is 2830. The number of nitrogens with zero attached hydrogens (tertiary/aromatic N) is 3. The molecule has 0 spiro atoms. The van der Waals surface area contributed by atoms with Crippen LogP contribution in [0.1, 0.15) is 44.5 Å². The number of hydrogen-bond acceptors (Lipinski definition) is 3. The second-order valence-corrected chi connectivity index (χ2v) is 15.1. The first-order valence-corrected chi connectivity index (χ1v) is 19.9. The van der Waals surface area contributed by atoms with Crippen molar-refractivity contribution in [3.05, 3.63) is 269 Å². The molecule has 0 unspecified atom stereocenters. The van der Waals surface area contributed by atoms with E-state index >= 15 is 0 Å². The number of hydrogen-bond donors (Lipinski definition) is 0. The fraction of sp³-hybridized carbons (Fsp3) is 0.0364. The Hall–Kier alpha value is -7.49. The van der Waals surface area contributed by atoms with E-state index in [0.29, 0.717) is 17.5 Å². The summed E-state index contributed by atoms with van der Waals surface area (Å²) >= 11 is 0. The predicted octanol–water partition coefficient (Wildman–Crippen LogP) is 12.5. The molecule has 0 amide bonds. The van der Waals surface area contributed by atoms with E-state index in [2.05, 4.69) is 188 Å². The Kier molecular flexibility index (Phi) is 7.94. The summed E-state index contributed by atoms with van der Waals surface area (Å²) in [5.74, 6) is 1.92. The Morgan fingerprint density at radius 2 is 0.586 bits per heavy atom. The van der Waals surface area contributed by atoms with Crippen molar-refractivity contribution in [2.75, 3.05) is 0 Å². The number of aromatic nitrogens is 3. The van der Waals surface area contributed by atoms with E-state index in [4.69, 9.17) is 15.0 Å². The molecule has 1 heterocycles. The van der Waals surface area contributed by atoms with Gasteiger partial charge >= 0.3 is 0 Å². The quantitative estimate of drug-likeness (QED) is 0.163. The van der Waals surface area contributed by atoms with Gasteiger partial charge < -0.3 is 0 Å². The van der Waals surface area contributed by atoms with Crippen molar-refractivity contribution < 1.29 is 0 Å². The van der Waals surface area contributed by atoms with Crippen LogP contribution in [0.5, 0.6) is 0 Å². The van der Waals surface area contributed by atoms with Gasteiger partial charge in [-0.25, -0.2) is 15.0 Å². The minimum absolute atomic E-state index is 0.593. The molecular formula is C55H37N3. The average molecular weight is 740 g/mol. The van der Waals surface area contributed by atoms with Gasteiger partial charge in [-0.1, -0.05) is 218 Å². The van der Waals surface area contributed by atoms with E-state index in [-0.39, 0.29) is 0 Å². The van der Waals surface area contributed by atoms with Crippen molar-refractivity contribution in [1.29, 1.82) is 0 Å². The molecule has 3 nitrogen and oxygen atoms in total. The summed E-state index contributed by atoms with van der Waals surface area (Å²) in [5, 5.41) is 0. The van der Waals surface area contributed by atoms with Crippen LogP contribution in [0.3, 0.4) is 0 Å². The third-order valence-electron chi connectivity index (χ3n) is 12.1. The van der Waals surface area contributed by atoms with E-state index in [1.54, 1.807) is 0 Å². The molecule has 1 aromatic heterocycles. The molecule has 272 valence electrons. The highest BCUT2D eigenvalue weighted by atomic mass is 15.0. The largest absolute Gasteiger partial charge is 0.208 e. The highest BCUT2D eigenvalue weighted by Crippen LogP contribution is 2.69. The van der Waals surface area contributed by atoms with Gasteiger partial charge in [-0.3, -0.25) is 0 Å². The molecular weight excluding hydrogens is 703 g/mol. The number of allylic oxidation sites excluding steroid dienone is 2. The van der Waals surface area contributed by atoms with E-state index in [1.807, 2.05) is 36.4 Å². The van der Waals surface area contributed by atoms with Crippen LogP contribution in [0.15, 0.2) is 224 Å². The van der Waals surface area contributed by atoms with Crippen LogP contribution in [-0.4, -0.2) is 15.0 Å². The summed E-state index contributed by atoms with van der Waals surface area (Å²) in [5.41, 5.74) is 14.1. The first-order chi connectivity index (χ1) is 28.8. The minimum Gasteiger partial charge on any atom is -0.208 e. The van der Waals surface area contributed by atoms with Gasteiger partial charge in [-0.05, 0) is 61.7 Å². The number of fused-ring (bicyclic) bond motifs is 4. The summed E-state index contributed by atoms with van der Waals surface area (Å²) in [6, 6.07) is 80.7. The lowest BCUT2D eigenvalue weighted by molar-refractivity contribution is 0.800. The summed E-state index contributed by atoms with van der Waals surface area (Å²) in [6.07, 6.45) is 0. The fourth-order valence-electron chi connectivity index (χ4n) is 9.78. The lowest BCUT2D eigenvalue weighted by Crippen LogP contribution is -2.30. The first-order valence-electron chi connectivity index (χ1n) is 19.9. The first kappa shape index (κ1) is 33.8. The number of benzene rings is 8. The van der Waals surface area contributed by atoms with Crippen LogP contribution < -0.4 is 0 Å². The van der Waals surface area contributed by atoms with E-state index in [1.165, 1.54) is 55.7 Å². The van der Waals surface area contributed by atoms with Crippen molar-refractivity contribution in [2.45, 2.75) is 10.8 Å². The Balaban J connectivity index is 1.27. The van der Waals surface area contributed by atoms with Gasteiger partial charge in [0.15, 0.2) is 17.5 Å². The maximum absolute atomic E-state index is 5.21. The molecule has 0 bridgehead atoms. The van der Waals surface area contributed by atoms with Crippen LogP contribution >= 0.6 is 0 Å². The van der Waals surface area contributed by atoms with Gasteiger partial charge in [-0.2, -0.15) is 0 Å². The lowest BCUT2D eigenvalue weighted by Gasteiger charge is -2.37. The third-order valence-corrected chi connectivity index (χ3v) is 12.1. The van der Waals surface area contributed by atoms with Crippen LogP contribution in [0.4, 0.5) is 0 Å². The molecule has 0 fully saturated rings. The molecule has 8 aromatic carbocycles. The molecule has 58 heavy (non-hydrogen) atoms. The van der Waals surface area contributed by atoms with Gasteiger partial charge in [0, 0.05) is 16.7 Å². The molecule has 0 atom stereocenters. The molecule has 11 rings (SSSR count). The Labute approximate surface area is 338 Å². The van der Waals surface area contributed by atoms with Gasteiger partial charge in [0.1, 0.15) is 0 Å². The second-order valence-electron chi connectivity index (χ2n) is 15.1. The van der Waals surface area contributed by atoms with E-state index in [0.717, 1.165) is 16.7 Å². The van der Waals surface area contributed by atoms with Crippen molar-refractivity contribution in [2.24, 2.45) is 0 Å². The van der Waals surface area contributed by atoms with E-state index < -0.39 is 10.8 Å². The van der Waals surface area contributed by atoms with Crippen molar-refractivity contribution in [3.8, 4) is 34.2 Å². The SMILES string of the molecule is c1ccc(-c2nc(-c3ccccc3)nc(-c3ccc4c(c3)C(c3ccccc3)(c3ccccc3)C3=C4C(c4ccccc4)(c4ccccc4)c4ccccc43)n2)cc1. The third kappa shape index (κ3) is 4.96.